The Labute approximate surface area is 164 Å². The summed E-state index contributed by atoms with van der Waals surface area (Å²) in [5, 5.41) is 2.89. The van der Waals surface area contributed by atoms with Crippen molar-refractivity contribution in [2.24, 2.45) is 0 Å². The van der Waals surface area contributed by atoms with Crippen LogP contribution in [0.5, 0.6) is 11.5 Å². The van der Waals surface area contributed by atoms with Gasteiger partial charge in [0.05, 0.1) is 20.2 Å². The van der Waals surface area contributed by atoms with Gasteiger partial charge in [-0.05, 0) is 36.4 Å². The number of rotatable bonds is 8. The number of carbonyl (C=O) groups excluding carboxylic acids is 1. The summed E-state index contributed by atoms with van der Waals surface area (Å²) in [6.07, 6.45) is 0. The highest BCUT2D eigenvalue weighted by atomic mass is 19.1. The molecule has 6 nitrogen and oxygen atoms in total. The molecule has 1 heterocycles. The lowest BCUT2D eigenvalue weighted by Gasteiger charge is -2.35. The third-order valence-electron chi connectivity index (χ3n) is 4.68. The molecule has 150 valence electrons. The lowest BCUT2D eigenvalue weighted by atomic mass is 10.2. The molecular weight excluding hydrogens is 361 g/mol. The van der Waals surface area contributed by atoms with Crippen molar-refractivity contribution in [1.29, 1.82) is 0 Å². The molecule has 1 saturated heterocycles. The number of carbonyl (C=O) groups is 1. The maximum absolute atomic E-state index is 13.0. The zero-order chi connectivity index (χ0) is 19.8. The van der Waals surface area contributed by atoms with E-state index in [2.05, 4.69) is 15.1 Å². The molecule has 28 heavy (non-hydrogen) atoms. The number of halogens is 1. The first-order valence-corrected chi connectivity index (χ1v) is 9.41. The highest BCUT2D eigenvalue weighted by Gasteiger charge is 2.19. The second kappa shape index (κ2) is 9.94. The van der Waals surface area contributed by atoms with Crippen LogP contribution < -0.4 is 19.7 Å². The van der Waals surface area contributed by atoms with Crippen molar-refractivity contribution in [1.82, 2.24) is 10.2 Å². The molecule has 1 amide bonds. The van der Waals surface area contributed by atoms with E-state index in [1.807, 2.05) is 24.3 Å². The number of methoxy groups -OCH3 is 1. The Hall–Kier alpha value is -2.80. The third kappa shape index (κ3) is 5.60. The van der Waals surface area contributed by atoms with Gasteiger partial charge < -0.3 is 19.7 Å². The second-order valence-corrected chi connectivity index (χ2v) is 6.59. The topological polar surface area (TPSA) is 54.0 Å². The number of ether oxygens (including phenoxy) is 2. The van der Waals surface area contributed by atoms with Crippen LogP contribution in [0, 0.1) is 5.82 Å². The van der Waals surface area contributed by atoms with Gasteiger partial charge in [0.25, 0.3) is 0 Å². The normalized spacial score (nSPS) is 14.6. The van der Waals surface area contributed by atoms with E-state index in [1.165, 1.54) is 12.1 Å². The van der Waals surface area contributed by atoms with E-state index < -0.39 is 0 Å². The molecule has 1 fully saturated rings. The maximum atomic E-state index is 13.0. The number of anilines is 1. The molecule has 1 N–H and O–H groups in total. The summed E-state index contributed by atoms with van der Waals surface area (Å²) >= 11 is 0. The van der Waals surface area contributed by atoms with E-state index in [-0.39, 0.29) is 11.7 Å². The molecule has 7 heteroatoms. The minimum Gasteiger partial charge on any atom is -0.493 e. The van der Waals surface area contributed by atoms with Gasteiger partial charge in [-0.15, -0.1) is 0 Å². The first kappa shape index (κ1) is 19.9. The van der Waals surface area contributed by atoms with Crippen molar-refractivity contribution < 1.29 is 18.7 Å². The standard InChI is InChI=1S/C21H26FN3O3/c1-27-19-4-2-3-5-20(19)28-15-10-23-21(26)16-24-11-13-25(14-12-24)18-8-6-17(22)7-9-18/h2-9H,10-16H2,1H3,(H,23,26). The number of para-hydroxylation sites is 2. The van der Waals surface area contributed by atoms with Crippen molar-refractivity contribution >= 4 is 11.6 Å². The predicted octanol–water partition coefficient (Wildman–Crippen LogP) is 2.15. The van der Waals surface area contributed by atoms with Gasteiger partial charge in [-0.3, -0.25) is 9.69 Å². The molecule has 2 aromatic rings. The minimum atomic E-state index is -0.228. The summed E-state index contributed by atoms with van der Waals surface area (Å²) in [5.74, 6) is 1.09. The molecule has 0 spiro atoms. The smallest absolute Gasteiger partial charge is 0.234 e. The van der Waals surface area contributed by atoms with Crippen LogP contribution in [0.4, 0.5) is 10.1 Å². The first-order chi connectivity index (χ1) is 13.7. The Morgan fingerprint density at radius 3 is 2.39 bits per heavy atom. The molecule has 1 aliphatic rings. The monoisotopic (exact) mass is 387 g/mol. The van der Waals surface area contributed by atoms with Crippen molar-refractivity contribution in [3.8, 4) is 11.5 Å². The van der Waals surface area contributed by atoms with Gasteiger partial charge in [-0.2, -0.15) is 0 Å². The minimum absolute atomic E-state index is 0.0149. The van der Waals surface area contributed by atoms with E-state index in [0.717, 1.165) is 31.9 Å². The Bertz CT molecular complexity index is 762. The van der Waals surface area contributed by atoms with Gasteiger partial charge in [0, 0.05) is 31.9 Å². The molecule has 2 aromatic carbocycles. The Morgan fingerprint density at radius 2 is 1.71 bits per heavy atom. The van der Waals surface area contributed by atoms with Crippen molar-refractivity contribution in [3.05, 3.63) is 54.3 Å². The molecule has 3 rings (SSSR count). The van der Waals surface area contributed by atoms with E-state index in [1.54, 1.807) is 19.2 Å². The van der Waals surface area contributed by atoms with Crippen LogP contribution in [0.1, 0.15) is 0 Å². The fraction of sp³-hybridized carbons (Fsp3) is 0.381. The Morgan fingerprint density at radius 1 is 1.04 bits per heavy atom. The molecule has 0 radical (unpaired) electrons. The van der Waals surface area contributed by atoms with Crippen LogP contribution >= 0.6 is 0 Å². The average molecular weight is 387 g/mol. The fourth-order valence-electron chi connectivity index (χ4n) is 3.16. The molecular formula is C21H26FN3O3. The summed E-state index contributed by atoms with van der Waals surface area (Å²) in [4.78, 5) is 16.5. The van der Waals surface area contributed by atoms with Crippen molar-refractivity contribution in [3.63, 3.8) is 0 Å². The highest BCUT2D eigenvalue weighted by Crippen LogP contribution is 2.25. The second-order valence-electron chi connectivity index (χ2n) is 6.59. The summed E-state index contributed by atoms with van der Waals surface area (Å²) in [7, 11) is 1.60. The van der Waals surface area contributed by atoms with Gasteiger partial charge in [0.1, 0.15) is 12.4 Å². The van der Waals surface area contributed by atoms with Crippen LogP contribution in [-0.4, -0.2) is 63.8 Å². The number of hydrogen-bond donors (Lipinski definition) is 1. The van der Waals surface area contributed by atoms with Gasteiger partial charge >= 0.3 is 0 Å². The number of nitrogens with one attached hydrogen (secondary N) is 1. The van der Waals surface area contributed by atoms with E-state index in [9.17, 15) is 9.18 Å². The molecule has 1 aliphatic heterocycles. The molecule has 0 aromatic heterocycles. The van der Waals surface area contributed by atoms with Gasteiger partial charge in [0.15, 0.2) is 11.5 Å². The lowest BCUT2D eigenvalue weighted by Crippen LogP contribution is -2.49. The van der Waals surface area contributed by atoms with Gasteiger partial charge in [-0.25, -0.2) is 4.39 Å². The summed E-state index contributed by atoms with van der Waals surface area (Å²) < 4.78 is 23.9. The van der Waals surface area contributed by atoms with Crippen LogP contribution in [0.25, 0.3) is 0 Å². The summed E-state index contributed by atoms with van der Waals surface area (Å²) in [5.41, 5.74) is 1.01. The van der Waals surface area contributed by atoms with Crippen LogP contribution in [0.2, 0.25) is 0 Å². The number of piperazine rings is 1. The number of nitrogens with zero attached hydrogens (tertiary/aromatic N) is 2. The quantitative estimate of drug-likeness (QED) is 0.704. The zero-order valence-corrected chi connectivity index (χ0v) is 16.1. The number of benzene rings is 2. The SMILES string of the molecule is COc1ccccc1OCCNC(=O)CN1CCN(c2ccc(F)cc2)CC1. The fourth-order valence-corrected chi connectivity index (χ4v) is 3.16. The van der Waals surface area contributed by atoms with Crippen LogP contribution in [0.15, 0.2) is 48.5 Å². The van der Waals surface area contributed by atoms with Crippen LogP contribution in [0.3, 0.4) is 0 Å². The maximum Gasteiger partial charge on any atom is 0.234 e. The molecule has 0 bridgehead atoms. The lowest BCUT2D eigenvalue weighted by molar-refractivity contribution is -0.122. The highest BCUT2D eigenvalue weighted by molar-refractivity contribution is 5.78. The number of amides is 1. The Balaban J connectivity index is 1.34. The largest absolute Gasteiger partial charge is 0.493 e. The molecule has 0 aliphatic carbocycles. The van der Waals surface area contributed by atoms with Gasteiger partial charge in [-0.1, -0.05) is 12.1 Å². The van der Waals surface area contributed by atoms with Crippen molar-refractivity contribution in [2.75, 3.05) is 57.9 Å². The Kier molecular flexibility index (Phi) is 7.08. The average Bonchev–Trinajstić information content (AvgIpc) is 2.73. The molecule has 0 atom stereocenters. The first-order valence-electron chi connectivity index (χ1n) is 9.41. The van der Waals surface area contributed by atoms with E-state index in [4.69, 9.17) is 9.47 Å². The molecule has 0 unspecified atom stereocenters. The predicted molar refractivity (Wildman–Crippen MR) is 107 cm³/mol. The zero-order valence-electron chi connectivity index (χ0n) is 16.1. The van der Waals surface area contributed by atoms with Crippen LogP contribution in [-0.2, 0) is 4.79 Å². The van der Waals surface area contributed by atoms with E-state index in [0.29, 0.717) is 31.2 Å². The number of hydrogen-bond acceptors (Lipinski definition) is 5. The summed E-state index contributed by atoms with van der Waals surface area (Å²) in [6, 6.07) is 14.0. The molecule has 0 saturated carbocycles. The van der Waals surface area contributed by atoms with E-state index >= 15 is 0 Å². The summed E-state index contributed by atoms with van der Waals surface area (Å²) in [6.45, 7) is 4.40. The van der Waals surface area contributed by atoms with Gasteiger partial charge in [0.2, 0.25) is 5.91 Å². The van der Waals surface area contributed by atoms with Crippen molar-refractivity contribution in [2.45, 2.75) is 0 Å². The third-order valence-corrected chi connectivity index (χ3v) is 4.68.